The summed E-state index contributed by atoms with van der Waals surface area (Å²) >= 11 is 0. The Balaban J connectivity index is 2.19. The van der Waals surface area contributed by atoms with E-state index in [4.69, 9.17) is 9.31 Å². The average Bonchev–Trinajstić information content (AvgIpc) is 2.60. The van der Waals surface area contributed by atoms with Gasteiger partial charge in [0.1, 0.15) is 5.82 Å². The lowest BCUT2D eigenvalue weighted by molar-refractivity contribution is 0.00578. The number of rotatable bonds is 4. The fourth-order valence-electron chi connectivity index (χ4n) is 2.08. The molecule has 2 rings (SSSR count). The van der Waals surface area contributed by atoms with E-state index in [0.29, 0.717) is 11.2 Å². The molecule has 0 aliphatic carbocycles. The van der Waals surface area contributed by atoms with Gasteiger partial charge in [0, 0.05) is 5.70 Å². The molecule has 1 heterocycles. The molecule has 1 aromatic carbocycles. The van der Waals surface area contributed by atoms with Gasteiger partial charge in [-0.05, 0) is 51.2 Å². The molecule has 0 spiro atoms. The zero-order valence-corrected chi connectivity index (χ0v) is 14.3. The Labute approximate surface area is 133 Å². The van der Waals surface area contributed by atoms with Crippen LogP contribution in [0.4, 0.5) is 10.1 Å². The first-order valence-corrected chi connectivity index (χ1v) is 7.64. The maximum Gasteiger partial charge on any atom is 0.494 e. The van der Waals surface area contributed by atoms with E-state index < -0.39 is 18.3 Å². The summed E-state index contributed by atoms with van der Waals surface area (Å²) in [6, 6.07) is 4.97. The number of allylic oxidation sites excluding steroid dienone is 1. The van der Waals surface area contributed by atoms with Gasteiger partial charge in [-0.3, -0.25) is 0 Å². The van der Waals surface area contributed by atoms with Crippen LogP contribution < -0.4 is 10.8 Å². The molecule has 1 aromatic rings. The number of anilines is 1. The molecule has 1 fully saturated rings. The minimum absolute atomic E-state index is 0.238. The zero-order valence-electron chi connectivity index (χ0n) is 14.3. The number of hydrogen-bond acceptors (Lipinski definition) is 3. The van der Waals surface area contributed by atoms with Crippen molar-refractivity contribution in [2.45, 2.75) is 52.7 Å². The molecule has 5 heteroatoms. The third-order valence-corrected chi connectivity index (χ3v) is 4.51. The third kappa shape index (κ3) is 3.20. The summed E-state index contributed by atoms with van der Waals surface area (Å²) in [5, 5.41) is 3.01. The van der Waals surface area contributed by atoms with Crippen LogP contribution in [0.15, 0.2) is 30.5 Å². The van der Waals surface area contributed by atoms with Gasteiger partial charge in [-0.1, -0.05) is 26.5 Å². The van der Waals surface area contributed by atoms with E-state index in [1.165, 1.54) is 6.07 Å². The molecule has 0 amide bonds. The van der Waals surface area contributed by atoms with Gasteiger partial charge in [0.2, 0.25) is 0 Å². The Morgan fingerprint density at radius 2 is 1.73 bits per heavy atom. The lowest BCUT2D eigenvalue weighted by atomic mass is 9.79. The summed E-state index contributed by atoms with van der Waals surface area (Å²) in [5.41, 5.74) is 1.01. The van der Waals surface area contributed by atoms with Crippen LogP contribution in [0.1, 0.15) is 41.5 Å². The molecule has 1 aliphatic rings. The van der Waals surface area contributed by atoms with E-state index in [2.05, 4.69) is 11.9 Å². The van der Waals surface area contributed by atoms with E-state index in [9.17, 15) is 4.39 Å². The second-order valence-corrected chi connectivity index (χ2v) is 7.13. The van der Waals surface area contributed by atoms with Crippen molar-refractivity contribution >= 4 is 18.3 Å². The van der Waals surface area contributed by atoms with Crippen LogP contribution in [0.25, 0.3) is 0 Å². The second-order valence-electron chi connectivity index (χ2n) is 7.13. The lowest BCUT2D eigenvalue weighted by Crippen LogP contribution is -2.41. The summed E-state index contributed by atoms with van der Waals surface area (Å²) in [6.45, 7) is 15.8. The Kier molecular flexibility index (Phi) is 4.42. The molecular weight excluding hydrogens is 280 g/mol. The molecule has 0 atom stereocenters. The molecule has 3 nitrogen and oxygen atoms in total. The molecule has 1 aliphatic heterocycles. The van der Waals surface area contributed by atoms with Crippen molar-refractivity contribution < 1.29 is 13.7 Å². The van der Waals surface area contributed by atoms with Crippen molar-refractivity contribution in [1.29, 1.82) is 0 Å². The summed E-state index contributed by atoms with van der Waals surface area (Å²) in [5.74, 6) is -0.101. The minimum atomic E-state index is -0.554. The number of benzene rings is 1. The highest BCUT2D eigenvalue weighted by molar-refractivity contribution is 6.62. The molecular formula is C17H25BFNO2. The van der Waals surface area contributed by atoms with E-state index in [1.54, 1.807) is 6.07 Å². The van der Waals surface area contributed by atoms with Crippen LogP contribution in [0, 0.1) is 11.7 Å². The van der Waals surface area contributed by atoms with Crippen LogP contribution in [-0.2, 0) is 9.31 Å². The third-order valence-electron chi connectivity index (χ3n) is 4.51. The van der Waals surface area contributed by atoms with Crippen LogP contribution in [0.3, 0.4) is 0 Å². The maximum absolute atomic E-state index is 14.3. The van der Waals surface area contributed by atoms with Crippen LogP contribution >= 0.6 is 0 Å². The van der Waals surface area contributed by atoms with E-state index >= 15 is 0 Å². The molecule has 0 unspecified atom stereocenters. The highest BCUT2D eigenvalue weighted by Gasteiger charge is 2.51. The molecule has 0 saturated carbocycles. The van der Waals surface area contributed by atoms with Gasteiger partial charge in [0.25, 0.3) is 0 Å². The Morgan fingerprint density at radius 3 is 2.18 bits per heavy atom. The van der Waals surface area contributed by atoms with Crippen molar-refractivity contribution in [3.05, 3.63) is 36.3 Å². The van der Waals surface area contributed by atoms with Crippen molar-refractivity contribution in [3.63, 3.8) is 0 Å². The predicted octanol–water partition coefficient (Wildman–Crippen LogP) is 3.71. The fourth-order valence-corrected chi connectivity index (χ4v) is 2.08. The summed E-state index contributed by atoms with van der Waals surface area (Å²) < 4.78 is 26.2. The standard InChI is InChI=1S/C17H25BFNO2/c1-11(2)12(3)20-15-9-8-13(10-14(15)19)18-21-16(4,5)17(6,7)22-18/h8-11,20H,3H2,1-2,4-7H3. The smallest absolute Gasteiger partial charge is 0.399 e. The maximum atomic E-state index is 14.3. The highest BCUT2D eigenvalue weighted by atomic mass is 19.1. The van der Waals surface area contributed by atoms with Crippen LogP contribution in [-0.4, -0.2) is 18.3 Å². The predicted molar refractivity (Wildman–Crippen MR) is 89.7 cm³/mol. The van der Waals surface area contributed by atoms with Crippen LogP contribution in [0.2, 0.25) is 0 Å². The monoisotopic (exact) mass is 305 g/mol. The molecule has 1 N–H and O–H groups in total. The quantitative estimate of drug-likeness (QED) is 0.860. The summed E-state index contributed by atoms with van der Waals surface area (Å²) in [7, 11) is -0.554. The summed E-state index contributed by atoms with van der Waals surface area (Å²) in [6.07, 6.45) is 0. The molecule has 120 valence electrons. The van der Waals surface area contributed by atoms with Gasteiger partial charge >= 0.3 is 7.12 Å². The topological polar surface area (TPSA) is 30.5 Å². The van der Waals surface area contributed by atoms with E-state index in [-0.39, 0.29) is 11.7 Å². The van der Waals surface area contributed by atoms with Gasteiger partial charge < -0.3 is 14.6 Å². The number of halogens is 1. The summed E-state index contributed by atoms with van der Waals surface area (Å²) in [4.78, 5) is 0. The number of nitrogens with one attached hydrogen (secondary N) is 1. The van der Waals surface area contributed by atoms with Gasteiger partial charge in [-0.25, -0.2) is 4.39 Å². The van der Waals surface area contributed by atoms with Gasteiger partial charge in [-0.15, -0.1) is 0 Å². The molecule has 1 saturated heterocycles. The minimum Gasteiger partial charge on any atom is -0.399 e. The Morgan fingerprint density at radius 1 is 1.18 bits per heavy atom. The molecule has 22 heavy (non-hydrogen) atoms. The van der Waals surface area contributed by atoms with Gasteiger partial charge in [0.15, 0.2) is 0 Å². The number of hydrogen-bond donors (Lipinski definition) is 1. The van der Waals surface area contributed by atoms with Crippen molar-refractivity contribution in [2.75, 3.05) is 5.32 Å². The van der Waals surface area contributed by atoms with Gasteiger partial charge in [-0.2, -0.15) is 0 Å². The highest BCUT2D eigenvalue weighted by Crippen LogP contribution is 2.36. The van der Waals surface area contributed by atoms with Gasteiger partial charge in [0.05, 0.1) is 16.9 Å². The second kappa shape index (κ2) is 5.71. The normalized spacial score (nSPS) is 19.5. The van der Waals surface area contributed by atoms with Crippen molar-refractivity contribution in [3.8, 4) is 0 Å². The first-order chi connectivity index (χ1) is 10.0. The average molecular weight is 305 g/mol. The Bertz CT molecular complexity index is 568. The molecule has 0 bridgehead atoms. The molecule has 0 aromatic heterocycles. The Hall–Kier alpha value is -1.33. The van der Waals surface area contributed by atoms with Crippen LogP contribution in [0.5, 0.6) is 0 Å². The zero-order chi connectivity index (χ0) is 16.7. The first-order valence-electron chi connectivity index (χ1n) is 7.64. The lowest BCUT2D eigenvalue weighted by Gasteiger charge is -2.32. The molecule has 0 radical (unpaired) electrons. The van der Waals surface area contributed by atoms with E-state index in [1.807, 2.05) is 47.6 Å². The van der Waals surface area contributed by atoms with Crippen molar-refractivity contribution in [2.24, 2.45) is 5.92 Å². The van der Waals surface area contributed by atoms with Crippen molar-refractivity contribution in [1.82, 2.24) is 0 Å². The largest absolute Gasteiger partial charge is 0.494 e. The van der Waals surface area contributed by atoms with E-state index in [0.717, 1.165) is 5.70 Å². The SMILES string of the molecule is C=C(Nc1ccc(B2OC(C)(C)C(C)(C)O2)cc1F)C(C)C. The first kappa shape index (κ1) is 17.0. The fraction of sp³-hybridized carbons (Fsp3) is 0.529.